The van der Waals surface area contributed by atoms with Crippen LogP contribution < -0.4 is 10.2 Å². The van der Waals surface area contributed by atoms with E-state index in [2.05, 4.69) is 52.7 Å². The Hall–Kier alpha value is -3.15. The first-order chi connectivity index (χ1) is 16.1. The molecule has 2 bridgehead atoms. The second-order valence-corrected chi connectivity index (χ2v) is 10.1. The molecular formula is C27H29N3O3. The van der Waals surface area contributed by atoms with Gasteiger partial charge in [-0.1, -0.05) is 30.3 Å². The van der Waals surface area contributed by atoms with Gasteiger partial charge in [0.15, 0.2) is 0 Å². The summed E-state index contributed by atoms with van der Waals surface area (Å²) >= 11 is 0. The number of nitrogens with zero attached hydrogens (tertiary/aromatic N) is 2. The molecule has 3 atom stereocenters. The van der Waals surface area contributed by atoms with Gasteiger partial charge >= 0.3 is 0 Å². The number of imide groups is 1. The first-order valence-corrected chi connectivity index (χ1v) is 12.1. The van der Waals surface area contributed by atoms with Crippen LogP contribution in [0, 0.1) is 17.8 Å². The number of piperidine rings is 2. The maximum Gasteiger partial charge on any atom is 0.255 e. The van der Waals surface area contributed by atoms with Gasteiger partial charge in [0.2, 0.25) is 11.8 Å². The number of carbonyl (C=O) groups is 3. The van der Waals surface area contributed by atoms with E-state index in [4.69, 9.17) is 0 Å². The minimum Gasteiger partial charge on any atom is -0.371 e. The van der Waals surface area contributed by atoms with Crippen LogP contribution in [0.5, 0.6) is 0 Å². The zero-order valence-corrected chi connectivity index (χ0v) is 18.7. The molecule has 4 aliphatic rings. The lowest BCUT2D eigenvalue weighted by molar-refractivity contribution is -0.136. The molecule has 3 unspecified atom stereocenters. The first-order valence-electron chi connectivity index (χ1n) is 12.1. The summed E-state index contributed by atoms with van der Waals surface area (Å²) in [6.45, 7) is 2.57. The van der Waals surface area contributed by atoms with Gasteiger partial charge in [0, 0.05) is 37.3 Å². The fourth-order valence-corrected chi connectivity index (χ4v) is 6.52. The topological polar surface area (TPSA) is 69.7 Å². The third kappa shape index (κ3) is 3.62. The summed E-state index contributed by atoms with van der Waals surface area (Å²) in [7, 11) is 0. The van der Waals surface area contributed by atoms with Gasteiger partial charge in [-0.15, -0.1) is 0 Å². The molecule has 6 heteroatoms. The minimum atomic E-state index is -0.560. The molecule has 1 saturated carbocycles. The standard InChI is InChI=1S/C27H29N3O3/c31-25-11-10-24(26(32)28-25)30-16-20-13-21(8-9-22(20)27(30)33)29-14-18-6-7-19(15-29)23(18)12-17-4-2-1-3-5-17/h1-5,8-9,13,18-19,23-24H,6-7,10-12,14-16H2,(H,28,31,32). The fourth-order valence-electron chi connectivity index (χ4n) is 6.52. The molecule has 33 heavy (non-hydrogen) atoms. The van der Waals surface area contributed by atoms with Crippen molar-refractivity contribution in [1.82, 2.24) is 10.2 Å². The quantitative estimate of drug-likeness (QED) is 0.737. The minimum absolute atomic E-state index is 0.104. The molecule has 3 heterocycles. The Morgan fingerprint density at radius 2 is 1.67 bits per heavy atom. The molecular weight excluding hydrogens is 414 g/mol. The van der Waals surface area contributed by atoms with Crippen LogP contribution in [0.1, 0.15) is 47.2 Å². The summed E-state index contributed by atoms with van der Waals surface area (Å²) in [5.74, 6) is 1.45. The van der Waals surface area contributed by atoms with Crippen molar-refractivity contribution in [3.8, 4) is 0 Å². The molecule has 3 aliphatic heterocycles. The van der Waals surface area contributed by atoms with Crippen LogP contribution in [0.2, 0.25) is 0 Å². The van der Waals surface area contributed by atoms with E-state index in [1.807, 2.05) is 6.07 Å². The molecule has 0 radical (unpaired) electrons. The van der Waals surface area contributed by atoms with Gasteiger partial charge in [-0.05, 0) is 72.8 Å². The Morgan fingerprint density at radius 1 is 0.909 bits per heavy atom. The van der Waals surface area contributed by atoms with Gasteiger partial charge < -0.3 is 9.80 Å². The fraction of sp³-hybridized carbons (Fsp3) is 0.444. The predicted molar refractivity (Wildman–Crippen MR) is 125 cm³/mol. The molecule has 3 fully saturated rings. The van der Waals surface area contributed by atoms with Crippen LogP contribution in [0.4, 0.5) is 5.69 Å². The van der Waals surface area contributed by atoms with E-state index in [0.717, 1.165) is 24.6 Å². The van der Waals surface area contributed by atoms with Gasteiger partial charge in [-0.2, -0.15) is 0 Å². The third-order valence-corrected chi connectivity index (χ3v) is 8.22. The smallest absolute Gasteiger partial charge is 0.255 e. The molecule has 1 N–H and O–H groups in total. The van der Waals surface area contributed by atoms with Crippen molar-refractivity contribution in [1.29, 1.82) is 0 Å². The maximum absolute atomic E-state index is 13.0. The summed E-state index contributed by atoms with van der Waals surface area (Å²) in [5.41, 5.74) is 4.30. The molecule has 6 nitrogen and oxygen atoms in total. The molecule has 0 spiro atoms. The van der Waals surface area contributed by atoms with Crippen molar-refractivity contribution in [3.05, 3.63) is 65.2 Å². The Bertz CT molecular complexity index is 1100. The summed E-state index contributed by atoms with van der Waals surface area (Å²) in [4.78, 5) is 40.9. The van der Waals surface area contributed by atoms with Crippen LogP contribution in [0.15, 0.2) is 48.5 Å². The highest BCUT2D eigenvalue weighted by molar-refractivity contribution is 6.05. The molecule has 2 saturated heterocycles. The Balaban J connectivity index is 1.17. The van der Waals surface area contributed by atoms with Crippen LogP contribution >= 0.6 is 0 Å². The number of amides is 3. The van der Waals surface area contributed by atoms with Crippen LogP contribution in [0.25, 0.3) is 0 Å². The summed E-state index contributed by atoms with van der Waals surface area (Å²) in [5, 5.41) is 2.37. The van der Waals surface area contributed by atoms with Crippen molar-refractivity contribution >= 4 is 23.4 Å². The molecule has 170 valence electrons. The second kappa shape index (κ2) is 8.01. The van der Waals surface area contributed by atoms with Gasteiger partial charge in [-0.25, -0.2) is 0 Å². The van der Waals surface area contributed by atoms with Crippen molar-refractivity contribution in [2.75, 3.05) is 18.0 Å². The number of hydrogen-bond donors (Lipinski definition) is 1. The Labute approximate surface area is 193 Å². The number of carbonyl (C=O) groups excluding carboxylic acids is 3. The molecule has 1 aliphatic carbocycles. The van der Waals surface area contributed by atoms with Crippen molar-refractivity contribution in [3.63, 3.8) is 0 Å². The number of benzene rings is 2. The number of nitrogens with one attached hydrogen (secondary N) is 1. The van der Waals surface area contributed by atoms with Crippen LogP contribution in [0.3, 0.4) is 0 Å². The summed E-state index contributed by atoms with van der Waals surface area (Å²) in [6.07, 6.45) is 4.44. The lowest BCUT2D eigenvalue weighted by atomic mass is 9.80. The average Bonchev–Trinajstić information content (AvgIpc) is 3.24. The lowest BCUT2D eigenvalue weighted by Crippen LogP contribution is -2.52. The van der Waals surface area contributed by atoms with Crippen molar-refractivity contribution in [2.45, 2.75) is 44.7 Å². The maximum atomic E-state index is 13.0. The van der Waals surface area contributed by atoms with Gasteiger partial charge in [-0.3, -0.25) is 19.7 Å². The second-order valence-electron chi connectivity index (χ2n) is 10.1. The summed E-state index contributed by atoms with van der Waals surface area (Å²) < 4.78 is 0. The predicted octanol–water partition coefficient (Wildman–Crippen LogP) is 3.15. The Morgan fingerprint density at radius 3 is 2.39 bits per heavy atom. The third-order valence-electron chi connectivity index (χ3n) is 8.22. The zero-order valence-electron chi connectivity index (χ0n) is 18.7. The van der Waals surface area contributed by atoms with E-state index >= 15 is 0 Å². The van der Waals surface area contributed by atoms with E-state index in [0.29, 0.717) is 30.4 Å². The SMILES string of the molecule is O=C1CCC(N2Cc3cc(N4CC5CCC(C4)C5Cc4ccccc4)ccc3C2=O)C(=O)N1. The van der Waals surface area contributed by atoms with Gasteiger partial charge in [0.25, 0.3) is 5.91 Å². The highest BCUT2D eigenvalue weighted by Crippen LogP contribution is 2.45. The average molecular weight is 444 g/mol. The van der Waals surface area contributed by atoms with Gasteiger partial charge in [0.05, 0.1) is 0 Å². The highest BCUT2D eigenvalue weighted by Gasteiger charge is 2.43. The first kappa shape index (κ1) is 20.5. The molecule has 3 amide bonds. The number of hydrogen-bond acceptors (Lipinski definition) is 4. The van der Waals surface area contributed by atoms with Crippen molar-refractivity contribution in [2.24, 2.45) is 17.8 Å². The van der Waals surface area contributed by atoms with Crippen LogP contribution in [-0.2, 0) is 22.6 Å². The number of rotatable bonds is 4. The lowest BCUT2D eigenvalue weighted by Gasteiger charge is -2.39. The molecule has 6 rings (SSSR count). The normalized spacial score (nSPS) is 28.8. The summed E-state index contributed by atoms with van der Waals surface area (Å²) in [6, 6.07) is 16.4. The van der Waals surface area contributed by atoms with Gasteiger partial charge in [0.1, 0.15) is 6.04 Å². The van der Waals surface area contributed by atoms with Crippen LogP contribution in [-0.4, -0.2) is 41.8 Å². The van der Waals surface area contributed by atoms with E-state index in [1.165, 1.54) is 30.5 Å². The van der Waals surface area contributed by atoms with Crippen molar-refractivity contribution < 1.29 is 14.4 Å². The Kier molecular flexibility index (Phi) is 4.97. The van der Waals surface area contributed by atoms with E-state index in [1.54, 1.807) is 4.90 Å². The number of fused-ring (bicyclic) bond motifs is 3. The number of anilines is 1. The largest absolute Gasteiger partial charge is 0.371 e. The van der Waals surface area contributed by atoms with E-state index in [-0.39, 0.29) is 24.1 Å². The molecule has 2 aromatic carbocycles. The van der Waals surface area contributed by atoms with E-state index < -0.39 is 6.04 Å². The van der Waals surface area contributed by atoms with E-state index in [9.17, 15) is 14.4 Å². The monoisotopic (exact) mass is 443 g/mol. The molecule has 2 aromatic rings. The zero-order chi connectivity index (χ0) is 22.5. The highest BCUT2D eigenvalue weighted by atomic mass is 16.2. The molecule has 0 aromatic heterocycles.